The van der Waals surface area contributed by atoms with Crippen LogP contribution in [0.2, 0.25) is 0 Å². The van der Waals surface area contributed by atoms with E-state index in [1.165, 1.54) is 77.0 Å². The van der Waals surface area contributed by atoms with Crippen molar-refractivity contribution in [2.24, 2.45) is 0 Å². The lowest BCUT2D eigenvalue weighted by molar-refractivity contribution is -0.140. The van der Waals surface area contributed by atoms with Gasteiger partial charge in [0, 0.05) is 13.3 Å². The van der Waals surface area contributed by atoms with Gasteiger partial charge in [0.25, 0.3) is 0 Å². The molecule has 0 unspecified atom stereocenters. The second-order valence-corrected chi connectivity index (χ2v) is 7.50. The van der Waals surface area contributed by atoms with E-state index < -0.39 is 18.1 Å². The predicted octanol–water partition coefficient (Wildman–Crippen LogP) is 6.56. The molecule has 0 atom stereocenters. The molecule has 1 saturated heterocycles. The Labute approximate surface area is 164 Å². The average Bonchev–Trinajstić information content (AvgIpc) is 3.37. The molecule has 0 spiro atoms. The fourth-order valence-corrected chi connectivity index (χ4v) is 3.19. The van der Waals surface area contributed by atoms with E-state index in [0.717, 1.165) is 26.2 Å². The average molecular weight is 387 g/mol. The summed E-state index contributed by atoms with van der Waals surface area (Å²) in [5, 5.41) is 0. The quantitative estimate of drug-likeness (QED) is 0.0925. The lowest BCUT2D eigenvalue weighted by Crippen LogP contribution is -2.22. The van der Waals surface area contributed by atoms with Gasteiger partial charge in [-0.05, 0) is 6.42 Å². The smallest absolute Gasteiger partial charge is 0.371 e. The van der Waals surface area contributed by atoms with Crippen LogP contribution in [0.4, 0.5) is 4.79 Å². The highest BCUT2D eigenvalue weighted by Crippen LogP contribution is 2.36. The van der Waals surface area contributed by atoms with Crippen LogP contribution in [-0.4, -0.2) is 18.1 Å². The van der Waals surface area contributed by atoms with Gasteiger partial charge < -0.3 is 9.47 Å². The summed E-state index contributed by atoms with van der Waals surface area (Å²) in [7, 11) is 0. The molecule has 1 heterocycles. The van der Waals surface area contributed by atoms with Crippen LogP contribution in [0.3, 0.4) is 0 Å². The van der Waals surface area contributed by atoms with Crippen molar-refractivity contribution < 1.29 is 28.8 Å². The zero-order valence-corrected chi connectivity index (χ0v) is 17.3. The van der Waals surface area contributed by atoms with Crippen molar-refractivity contribution in [2.75, 3.05) is 0 Å². The monoisotopic (exact) mass is 386 g/mol. The number of hydrogen-bond donors (Lipinski definition) is 0. The summed E-state index contributed by atoms with van der Waals surface area (Å²) in [6.07, 6.45) is 18.7. The van der Waals surface area contributed by atoms with E-state index in [0.29, 0.717) is 6.42 Å². The van der Waals surface area contributed by atoms with Gasteiger partial charge in [-0.25, -0.2) is 4.79 Å². The Balaban J connectivity index is 1.82. The van der Waals surface area contributed by atoms with Crippen LogP contribution in [0.5, 0.6) is 0 Å². The van der Waals surface area contributed by atoms with Crippen LogP contribution < -0.4 is 0 Å². The Kier molecular flexibility index (Phi) is 13.2. The molecule has 0 amide bonds. The summed E-state index contributed by atoms with van der Waals surface area (Å²) in [6.45, 7) is 3.40. The van der Waals surface area contributed by atoms with Gasteiger partial charge in [0.2, 0.25) is 0 Å². The number of esters is 1. The van der Waals surface area contributed by atoms with Crippen molar-refractivity contribution in [3.8, 4) is 0 Å². The predicted molar refractivity (Wildman–Crippen MR) is 103 cm³/mol. The van der Waals surface area contributed by atoms with Crippen molar-refractivity contribution in [2.45, 2.75) is 123 Å². The lowest BCUT2D eigenvalue weighted by Gasteiger charge is -2.08. The van der Waals surface area contributed by atoms with Crippen LogP contribution in [-0.2, 0) is 24.0 Å². The molecular weight excluding hydrogens is 348 g/mol. The minimum Gasteiger partial charge on any atom is -0.371 e. The first-order chi connectivity index (χ1) is 13.1. The van der Waals surface area contributed by atoms with E-state index in [-0.39, 0.29) is 0 Å². The van der Waals surface area contributed by atoms with E-state index in [4.69, 9.17) is 14.5 Å². The van der Waals surface area contributed by atoms with Gasteiger partial charge in [-0.15, -0.1) is 0 Å². The van der Waals surface area contributed by atoms with Gasteiger partial charge in [0.15, 0.2) is 0 Å². The zero-order valence-electron chi connectivity index (χ0n) is 17.3. The normalized spacial score (nSPS) is 14.7. The maximum atomic E-state index is 11.2. The number of carbonyl (C=O) groups is 2. The Morgan fingerprint density at radius 2 is 1.11 bits per heavy atom. The third-order valence-electron chi connectivity index (χ3n) is 4.82. The first-order valence-corrected chi connectivity index (χ1v) is 10.9. The highest BCUT2D eigenvalue weighted by atomic mass is 17.5. The summed E-state index contributed by atoms with van der Waals surface area (Å²) in [5.74, 6) is -2.05. The minimum absolute atomic E-state index is 0.457. The summed E-state index contributed by atoms with van der Waals surface area (Å²) in [6, 6.07) is 0. The fourth-order valence-electron chi connectivity index (χ4n) is 3.19. The SMILES string of the molecule is CCCCCCCCCCCCCCCCCC1(OC(=O)OC(C)=O)OO1. The molecule has 0 saturated carbocycles. The molecule has 6 heteroatoms. The molecule has 0 aromatic heterocycles. The minimum atomic E-state index is -1.33. The second kappa shape index (κ2) is 14.9. The maximum absolute atomic E-state index is 11.2. The molecule has 0 bridgehead atoms. The largest absolute Gasteiger partial charge is 0.520 e. The summed E-state index contributed by atoms with van der Waals surface area (Å²) >= 11 is 0. The number of carbonyl (C=O) groups excluding carboxylic acids is 2. The van der Waals surface area contributed by atoms with Gasteiger partial charge >= 0.3 is 18.1 Å². The van der Waals surface area contributed by atoms with Gasteiger partial charge in [0.05, 0.1) is 0 Å². The van der Waals surface area contributed by atoms with Crippen LogP contribution >= 0.6 is 0 Å². The number of rotatable bonds is 17. The summed E-state index contributed by atoms with van der Waals surface area (Å²) in [5.41, 5.74) is 0. The van der Waals surface area contributed by atoms with Crippen molar-refractivity contribution in [3.05, 3.63) is 0 Å². The van der Waals surface area contributed by atoms with Crippen molar-refractivity contribution in [1.82, 2.24) is 0 Å². The third-order valence-corrected chi connectivity index (χ3v) is 4.82. The number of ether oxygens (including phenoxy) is 2. The Bertz CT molecular complexity index is 405. The maximum Gasteiger partial charge on any atom is 0.520 e. The molecule has 27 heavy (non-hydrogen) atoms. The van der Waals surface area contributed by atoms with Crippen LogP contribution in [0.15, 0.2) is 0 Å². The van der Waals surface area contributed by atoms with E-state index in [9.17, 15) is 9.59 Å². The molecule has 1 aliphatic heterocycles. The molecular formula is C21H38O6. The highest BCUT2D eigenvalue weighted by molar-refractivity contribution is 5.80. The van der Waals surface area contributed by atoms with Gasteiger partial charge in [-0.2, -0.15) is 9.78 Å². The molecule has 0 aliphatic carbocycles. The zero-order chi connectivity index (χ0) is 19.8. The van der Waals surface area contributed by atoms with Gasteiger partial charge in [-0.3, -0.25) is 4.79 Å². The van der Waals surface area contributed by atoms with Crippen LogP contribution in [0, 0.1) is 0 Å². The molecule has 0 aromatic rings. The first kappa shape index (κ1) is 23.9. The molecule has 0 N–H and O–H groups in total. The van der Waals surface area contributed by atoms with E-state index in [1.54, 1.807) is 0 Å². The van der Waals surface area contributed by atoms with E-state index in [2.05, 4.69) is 11.7 Å². The first-order valence-electron chi connectivity index (χ1n) is 10.9. The lowest BCUT2D eigenvalue weighted by atomic mass is 10.0. The second-order valence-electron chi connectivity index (χ2n) is 7.50. The topological polar surface area (TPSA) is 77.7 Å². The van der Waals surface area contributed by atoms with Crippen molar-refractivity contribution in [3.63, 3.8) is 0 Å². The van der Waals surface area contributed by atoms with Crippen LogP contribution in [0.25, 0.3) is 0 Å². The van der Waals surface area contributed by atoms with E-state index in [1.807, 2.05) is 0 Å². The standard InChI is InChI=1S/C21H38O6/c1-3-4-5-6-7-8-9-10-11-12-13-14-15-16-17-18-21(26-27-21)25-20(23)24-19(2)22/h3-18H2,1-2H3. The highest BCUT2D eigenvalue weighted by Gasteiger charge is 2.54. The fraction of sp³-hybridized carbons (Fsp3) is 0.905. The molecule has 1 rings (SSSR count). The Hall–Kier alpha value is -1.14. The van der Waals surface area contributed by atoms with Crippen molar-refractivity contribution >= 4 is 12.1 Å². The molecule has 158 valence electrons. The third kappa shape index (κ3) is 13.6. The summed E-state index contributed by atoms with van der Waals surface area (Å²) in [4.78, 5) is 31.4. The van der Waals surface area contributed by atoms with E-state index >= 15 is 0 Å². The Morgan fingerprint density at radius 1 is 0.704 bits per heavy atom. The number of unbranched alkanes of at least 4 members (excludes halogenated alkanes) is 14. The molecule has 1 fully saturated rings. The Morgan fingerprint density at radius 3 is 1.48 bits per heavy atom. The molecule has 0 aromatic carbocycles. The molecule has 6 nitrogen and oxygen atoms in total. The van der Waals surface area contributed by atoms with Gasteiger partial charge in [0.1, 0.15) is 0 Å². The molecule has 1 aliphatic rings. The van der Waals surface area contributed by atoms with Gasteiger partial charge in [-0.1, -0.05) is 96.8 Å². The van der Waals surface area contributed by atoms with Crippen molar-refractivity contribution in [1.29, 1.82) is 0 Å². The summed E-state index contributed by atoms with van der Waals surface area (Å²) < 4.78 is 9.15. The van der Waals surface area contributed by atoms with Crippen LogP contribution in [0.1, 0.15) is 117 Å². The molecule has 0 radical (unpaired) electrons. The number of hydrogen-bond acceptors (Lipinski definition) is 6.